The van der Waals surface area contributed by atoms with Crippen LogP contribution < -0.4 is 4.74 Å². The van der Waals surface area contributed by atoms with E-state index in [1.165, 1.54) is 10.7 Å². The van der Waals surface area contributed by atoms with Crippen molar-refractivity contribution in [1.29, 1.82) is 0 Å². The number of ether oxygens (including phenoxy) is 2. The maximum atomic E-state index is 12.8. The summed E-state index contributed by atoms with van der Waals surface area (Å²) in [5.41, 5.74) is 1.57. The van der Waals surface area contributed by atoms with Crippen molar-refractivity contribution >= 4 is 10.0 Å². The lowest BCUT2D eigenvalue weighted by molar-refractivity contribution is 0.0730. The molecular formula is C19H19N3O5S. The average molecular weight is 401 g/mol. The van der Waals surface area contributed by atoms with E-state index in [0.717, 1.165) is 11.1 Å². The van der Waals surface area contributed by atoms with Crippen LogP contribution in [0.1, 0.15) is 5.56 Å². The van der Waals surface area contributed by atoms with Crippen molar-refractivity contribution in [3.05, 3.63) is 60.5 Å². The summed E-state index contributed by atoms with van der Waals surface area (Å²) in [5, 5.41) is 7.51. The van der Waals surface area contributed by atoms with E-state index in [1.807, 2.05) is 18.2 Å². The first kappa shape index (κ1) is 18.6. The Labute approximate surface area is 162 Å². The van der Waals surface area contributed by atoms with Crippen molar-refractivity contribution in [2.75, 3.05) is 26.3 Å². The Kier molecular flexibility index (Phi) is 5.38. The van der Waals surface area contributed by atoms with Crippen molar-refractivity contribution in [3.8, 4) is 17.2 Å². The second kappa shape index (κ2) is 8.09. The zero-order valence-electron chi connectivity index (χ0n) is 15.0. The zero-order valence-corrected chi connectivity index (χ0v) is 15.8. The van der Waals surface area contributed by atoms with Crippen molar-refractivity contribution in [1.82, 2.24) is 14.5 Å². The Bertz CT molecular complexity index is 1010. The second-order valence-electron chi connectivity index (χ2n) is 6.22. The smallest absolute Gasteiger partial charge is 0.247 e. The minimum atomic E-state index is -3.52. The van der Waals surface area contributed by atoms with E-state index in [2.05, 4.69) is 10.2 Å². The van der Waals surface area contributed by atoms with E-state index >= 15 is 0 Å². The van der Waals surface area contributed by atoms with Crippen LogP contribution in [-0.2, 0) is 21.4 Å². The molecule has 0 saturated carbocycles. The van der Waals surface area contributed by atoms with Gasteiger partial charge in [0.2, 0.25) is 22.3 Å². The Morgan fingerprint density at radius 3 is 2.57 bits per heavy atom. The lowest BCUT2D eigenvalue weighted by atomic mass is 10.2. The number of nitrogens with zero attached hydrogens (tertiary/aromatic N) is 3. The number of rotatable bonds is 6. The highest BCUT2D eigenvalue weighted by molar-refractivity contribution is 7.89. The average Bonchev–Trinajstić information content (AvgIpc) is 3.28. The third kappa shape index (κ3) is 4.06. The van der Waals surface area contributed by atoms with Gasteiger partial charge in [-0.2, -0.15) is 4.31 Å². The molecular weight excluding hydrogens is 382 g/mol. The number of morpholine rings is 1. The molecule has 0 unspecified atom stereocenters. The molecule has 146 valence electrons. The molecule has 1 aliphatic heterocycles. The number of sulfonamides is 1. The largest absolute Gasteiger partial charge is 0.489 e. The van der Waals surface area contributed by atoms with Crippen LogP contribution >= 0.6 is 0 Å². The molecule has 0 aliphatic carbocycles. The molecule has 1 fully saturated rings. The third-order valence-electron chi connectivity index (χ3n) is 4.37. The van der Waals surface area contributed by atoms with Crippen LogP contribution in [0.2, 0.25) is 0 Å². The summed E-state index contributed by atoms with van der Waals surface area (Å²) in [5.74, 6) is 1.09. The fourth-order valence-corrected chi connectivity index (χ4v) is 4.37. The van der Waals surface area contributed by atoms with Gasteiger partial charge in [-0.1, -0.05) is 12.1 Å². The van der Waals surface area contributed by atoms with E-state index in [9.17, 15) is 8.42 Å². The van der Waals surface area contributed by atoms with Gasteiger partial charge in [-0.3, -0.25) is 0 Å². The fraction of sp³-hybridized carbons (Fsp3) is 0.263. The Hall–Kier alpha value is -2.75. The van der Waals surface area contributed by atoms with Gasteiger partial charge in [0.25, 0.3) is 0 Å². The molecule has 8 nitrogen and oxygen atoms in total. The van der Waals surface area contributed by atoms with Crippen LogP contribution in [0.25, 0.3) is 11.5 Å². The van der Waals surface area contributed by atoms with Gasteiger partial charge in [0.15, 0.2) is 0 Å². The van der Waals surface area contributed by atoms with Crippen LogP contribution in [0.15, 0.2) is 64.2 Å². The normalized spacial score (nSPS) is 15.4. The van der Waals surface area contributed by atoms with Crippen molar-refractivity contribution in [2.45, 2.75) is 11.5 Å². The van der Waals surface area contributed by atoms with Crippen LogP contribution in [0.4, 0.5) is 0 Å². The highest BCUT2D eigenvalue weighted by atomic mass is 32.2. The Morgan fingerprint density at radius 1 is 1.07 bits per heavy atom. The molecule has 3 aromatic rings. The van der Waals surface area contributed by atoms with Crippen LogP contribution in [-0.4, -0.2) is 49.2 Å². The molecule has 0 bridgehead atoms. The molecule has 0 spiro atoms. The van der Waals surface area contributed by atoms with E-state index in [4.69, 9.17) is 13.9 Å². The van der Waals surface area contributed by atoms with Crippen LogP contribution in [0.3, 0.4) is 0 Å². The summed E-state index contributed by atoms with van der Waals surface area (Å²) in [4.78, 5) is 0.266. The molecule has 0 amide bonds. The number of aromatic nitrogens is 2. The highest BCUT2D eigenvalue weighted by Crippen LogP contribution is 2.22. The lowest BCUT2D eigenvalue weighted by Gasteiger charge is -2.26. The number of hydrogen-bond donors (Lipinski definition) is 0. The van der Waals surface area contributed by atoms with Crippen LogP contribution in [0, 0.1) is 0 Å². The first-order valence-corrected chi connectivity index (χ1v) is 10.2. The van der Waals surface area contributed by atoms with E-state index < -0.39 is 10.0 Å². The summed E-state index contributed by atoms with van der Waals surface area (Å²) < 4.78 is 43.2. The molecule has 0 atom stereocenters. The molecule has 4 rings (SSSR count). The van der Waals surface area contributed by atoms with Gasteiger partial charge >= 0.3 is 0 Å². The molecule has 0 N–H and O–H groups in total. The number of hydrogen-bond acceptors (Lipinski definition) is 7. The monoisotopic (exact) mass is 401 g/mol. The van der Waals surface area contributed by atoms with Crippen LogP contribution in [0.5, 0.6) is 5.75 Å². The fourth-order valence-electron chi connectivity index (χ4n) is 2.89. The zero-order chi connectivity index (χ0) is 19.4. The third-order valence-corrected chi connectivity index (χ3v) is 6.27. The van der Waals surface area contributed by atoms with Crippen molar-refractivity contribution in [3.63, 3.8) is 0 Å². The quantitative estimate of drug-likeness (QED) is 0.626. The molecule has 2 heterocycles. The first-order chi connectivity index (χ1) is 13.6. The maximum absolute atomic E-state index is 12.8. The standard InChI is InChI=1S/C19H19N3O5S/c23-28(24,22-8-10-25-11-9-22)18-3-1-2-15(12-18)13-26-17-6-4-16(5-7-17)19-21-20-14-27-19/h1-7,12,14H,8-11,13H2. The molecule has 9 heteroatoms. The van der Waals surface area contributed by atoms with Gasteiger partial charge in [0, 0.05) is 18.7 Å². The van der Waals surface area contributed by atoms with E-state index in [1.54, 1.807) is 30.3 Å². The predicted molar refractivity (Wildman–Crippen MR) is 100 cm³/mol. The lowest BCUT2D eigenvalue weighted by Crippen LogP contribution is -2.40. The molecule has 1 aliphatic rings. The van der Waals surface area contributed by atoms with Crippen molar-refractivity contribution in [2.24, 2.45) is 0 Å². The van der Waals surface area contributed by atoms with Crippen molar-refractivity contribution < 1.29 is 22.3 Å². The molecule has 2 aromatic carbocycles. The topological polar surface area (TPSA) is 94.8 Å². The second-order valence-corrected chi connectivity index (χ2v) is 8.16. The molecule has 0 radical (unpaired) electrons. The van der Waals surface area contributed by atoms with E-state index in [0.29, 0.717) is 37.9 Å². The highest BCUT2D eigenvalue weighted by Gasteiger charge is 2.26. The minimum absolute atomic E-state index is 0.256. The SMILES string of the molecule is O=S(=O)(c1cccc(COc2ccc(-c3nnco3)cc2)c1)N1CCOCC1. The summed E-state index contributed by atoms with van der Waals surface area (Å²) in [7, 11) is -3.52. The minimum Gasteiger partial charge on any atom is -0.489 e. The van der Waals surface area contributed by atoms with Gasteiger partial charge in [-0.25, -0.2) is 8.42 Å². The summed E-state index contributed by atoms with van der Waals surface area (Å²) in [6.07, 6.45) is 1.28. The molecule has 1 aromatic heterocycles. The summed E-state index contributed by atoms with van der Waals surface area (Å²) in [6.45, 7) is 1.83. The molecule has 28 heavy (non-hydrogen) atoms. The Morgan fingerprint density at radius 2 is 1.86 bits per heavy atom. The summed E-state index contributed by atoms with van der Waals surface area (Å²) in [6, 6.07) is 14.1. The van der Waals surface area contributed by atoms with Gasteiger partial charge in [0.1, 0.15) is 12.4 Å². The summed E-state index contributed by atoms with van der Waals surface area (Å²) >= 11 is 0. The predicted octanol–water partition coefficient (Wildman–Crippen LogP) is 2.34. The Balaban J connectivity index is 1.43. The van der Waals surface area contributed by atoms with Gasteiger partial charge in [-0.05, 0) is 42.0 Å². The van der Waals surface area contributed by atoms with Gasteiger partial charge in [0.05, 0.1) is 18.1 Å². The maximum Gasteiger partial charge on any atom is 0.247 e. The first-order valence-electron chi connectivity index (χ1n) is 8.79. The number of benzene rings is 2. The molecule has 1 saturated heterocycles. The van der Waals surface area contributed by atoms with E-state index in [-0.39, 0.29) is 11.5 Å². The van der Waals surface area contributed by atoms with Gasteiger partial charge in [-0.15, -0.1) is 10.2 Å². The van der Waals surface area contributed by atoms with Gasteiger partial charge < -0.3 is 13.9 Å².